The number of hydrogen-bond donors (Lipinski definition) is 1. The summed E-state index contributed by atoms with van der Waals surface area (Å²) >= 11 is 0. The van der Waals surface area contributed by atoms with Gasteiger partial charge in [0.05, 0.1) is 11.3 Å². The molecule has 0 atom stereocenters. The lowest BCUT2D eigenvalue weighted by atomic mass is 10.0. The topological polar surface area (TPSA) is 49.5 Å². The summed E-state index contributed by atoms with van der Waals surface area (Å²) in [4.78, 5) is 2.11. The summed E-state index contributed by atoms with van der Waals surface area (Å²) in [6.07, 6.45) is 4.14. The predicted molar refractivity (Wildman–Crippen MR) is 61.0 cm³/mol. The number of aryl methyl sites for hydroxylation is 1. The summed E-state index contributed by atoms with van der Waals surface area (Å²) in [5.74, 6) is 0.836. The second-order valence-corrected chi connectivity index (χ2v) is 5.03. The molecule has 1 saturated carbocycles. The van der Waals surface area contributed by atoms with Gasteiger partial charge in [-0.15, -0.1) is 0 Å². The molecule has 0 aliphatic heterocycles. The fraction of sp³-hybridized carbons (Fsp3) is 0.750. The van der Waals surface area contributed by atoms with E-state index in [1.165, 1.54) is 0 Å². The third-order valence-corrected chi connectivity index (χ3v) is 3.21. The minimum absolute atomic E-state index is 0.479. The molecule has 0 radical (unpaired) electrons. The Labute approximate surface area is 96.2 Å². The van der Waals surface area contributed by atoms with Crippen LogP contribution in [0.4, 0.5) is 0 Å². The Morgan fingerprint density at radius 1 is 1.50 bits per heavy atom. The molecule has 1 aliphatic rings. The highest BCUT2D eigenvalue weighted by molar-refractivity contribution is 5.03. The Morgan fingerprint density at radius 3 is 2.75 bits per heavy atom. The monoisotopic (exact) mass is 224 g/mol. The molecule has 1 fully saturated rings. The Hall–Kier alpha value is -0.870. The molecule has 16 heavy (non-hydrogen) atoms. The summed E-state index contributed by atoms with van der Waals surface area (Å²) in [6.45, 7) is 3.35. The van der Waals surface area contributed by atoms with Gasteiger partial charge in [-0.05, 0) is 26.8 Å². The van der Waals surface area contributed by atoms with Gasteiger partial charge in [-0.3, -0.25) is 4.90 Å². The fourth-order valence-corrected chi connectivity index (χ4v) is 2.52. The molecule has 1 aromatic heterocycles. The largest absolute Gasteiger partial charge is 0.389 e. The molecule has 0 bridgehead atoms. The van der Waals surface area contributed by atoms with E-state index >= 15 is 0 Å². The normalized spacial score (nSPS) is 19.5. The van der Waals surface area contributed by atoms with Gasteiger partial charge in [0.2, 0.25) is 0 Å². The molecule has 4 nitrogen and oxygen atoms in total. The molecule has 0 spiro atoms. The van der Waals surface area contributed by atoms with Gasteiger partial charge in [0, 0.05) is 19.2 Å². The maximum Gasteiger partial charge on any atom is 0.133 e. The Balaban J connectivity index is 1.86. The van der Waals surface area contributed by atoms with E-state index in [4.69, 9.17) is 4.52 Å². The van der Waals surface area contributed by atoms with E-state index in [-0.39, 0.29) is 0 Å². The van der Waals surface area contributed by atoms with Crippen LogP contribution in [-0.2, 0) is 6.54 Å². The number of likely N-dealkylation sites (N-methyl/N-ethyl adjacent to an activating group) is 1. The van der Waals surface area contributed by atoms with Crippen LogP contribution in [0.15, 0.2) is 10.6 Å². The molecule has 2 rings (SSSR count). The van der Waals surface area contributed by atoms with Crippen LogP contribution in [0.1, 0.15) is 37.1 Å². The van der Waals surface area contributed by atoms with Crippen molar-refractivity contribution in [2.45, 2.75) is 44.8 Å². The van der Waals surface area contributed by atoms with Crippen molar-refractivity contribution >= 4 is 0 Å². The highest BCUT2D eigenvalue weighted by atomic mass is 16.5. The molecule has 1 N–H and O–H groups in total. The number of aromatic nitrogens is 1. The maximum absolute atomic E-state index is 10.3. The van der Waals surface area contributed by atoms with Crippen LogP contribution in [0.2, 0.25) is 0 Å². The van der Waals surface area contributed by atoms with Gasteiger partial charge in [0.25, 0.3) is 0 Å². The second kappa shape index (κ2) is 4.55. The summed E-state index contributed by atoms with van der Waals surface area (Å²) in [5.41, 5.74) is 0.453. The highest BCUT2D eigenvalue weighted by Gasteiger charge is 2.32. The van der Waals surface area contributed by atoms with Crippen LogP contribution < -0.4 is 0 Å². The van der Waals surface area contributed by atoms with Crippen molar-refractivity contribution < 1.29 is 9.63 Å². The molecular weight excluding hydrogens is 204 g/mol. The van der Waals surface area contributed by atoms with E-state index in [1.807, 2.05) is 20.0 Å². The predicted octanol–water partition coefficient (Wildman–Crippen LogP) is 1.72. The lowest BCUT2D eigenvalue weighted by Crippen LogP contribution is -2.38. The zero-order valence-electron chi connectivity index (χ0n) is 10.1. The highest BCUT2D eigenvalue weighted by Crippen LogP contribution is 2.30. The van der Waals surface area contributed by atoms with Crippen molar-refractivity contribution in [3.8, 4) is 0 Å². The van der Waals surface area contributed by atoms with Gasteiger partial charge in [0.15, 0.2) is 0 Å². The first-order valence-electron chi connectivity index (χ1n) is 5.91. The quantitative estimate of drug-likeness (QED) is 0.846. The minimum atomic E-state index is -0.479. The van der Waals surface area contributed by atoms with Gasteiger partial charge in [-0.2, -0.15) is 0 Å². The first kappa shape index (κ1) is 11.6. The van der Waals surface area contributed by atoms with Crippen molar-refractivity contribution in [1.82, 2.24) is 10.1 Å². The molecule has 1 aliphatic carbocycles. The van der Waals surface area contributed by atoms with Crippen molar-refractivity contribution in [1.29, 1.82) is 0 Å². The lowest BCUT2D eigenvalue weighted by molar-refractivity contribution is 0.0141. The first-order valence-corrected chi connectivity index (χ1v) is 5.91. The molecule has 90 valence electrons. The Bertz CT molecular complexity index is 343. The zero-order chi connectivity index (χ0) is 11.6. The lowest BCUT2D eigenvalue weighted by Gasteiger charge is -2.27. The fourth-order valence-electron chi connectivity index (χ4n) is 2.52. The first-order chi connectivity index (χ1) is 7.57. The van der Waals surface area contributed by atoms with E-state index < -0.39 is 5.60 Å². The molecule has 0 unspecified atom stereocenters. The van der Waals surface area contributed by atoms with E-state index in [2.05, 4.69) is 10.1 Å². The van der Waals surface area contributed by atoms with Crippen molar-refractivity contribution in [2.24, 2.45) is 0 Å². The zero-order valence-corrected chi connectivity index (χ0v) is 10.1. The number of nitrogens with zero attached hydrogens (tertiary/aromatic N) is 2. The summed E-state index contributed by atoms with van der Waals surface area (Å²) < 4.78 is 5.02. The van der Waals surface area contributed by atoms with Crippen LogP contribution in [0.25, 0.3) is 0 Å². The average Bonchev–Trinajstić information content (AvgIpc) is 2.75. The summed E-state index contributed by atoms with van der Waals surface area (Å²) in [6, 6.07) is 1.94. The molecular formula is C12H20N2O2. The van der Waals surface area contributed by atoms with Crippen molar-refractivity contribution in [2.75, 3.05) is 13.6 Å². The Morgan fingerprint density at radius 2 is 2.19 bits per heavy atom. The molecule has 0 amide bonds. The Kier molecular flexibility index (Phi) is 3.30. The maximum atomic E-state index is 10.3. The second-order valence-electron chi connectivity index (χ2n) is 5.03. The van der Waals surface area contributed by atoms with Gasteiger partial charge in [-0.25, -0.2) is 0 Å². The standard InChI is InChI=1S/C12H20N2O2/c1-10-7-11(13-16-10)8-14(2)9-12(15)5-3-4-6-12/h7,15H,3-6,8-9H2,1-2H3. The number of rotatable bonds is 4. The minimum Gasteiger partial charge on any atom is -0.389 e. The smallest absolute Gasteiger partial charge is 0.133 e. The molecule has 4 heteroatoms. The van der Waals surface area contributed by atoms with Crippen LogP contribution in [0.5, 0.6) is 0 Å². The van der Waals surface area contributed by atoms with Gasteiger partial charge in [-0.1, -0.05) is 18.0 Å². The number of hydrogen-bond acceptors (Lipinski definition) is 4. The van der Waals surface area contributed by atoms with Gasteiger partial charge >= 0.3 is 0 Å². The third-order valence-electron chi connectivity index (χ3n) is 3.21. The SMILES string of the molecule is Cc1cc(CN(C)CC2(O)CCCC2)no1. The molecule has 0 aromatic carbocycles. The van der Waals surface area contributed by atoms with E-state index in [0.29, 0.717) is 0 Å². The summed E-state index contributed by atoms with van der Waals surface area (Å²) in [7, 11) is 2.01. The van der Waals surface area contributed by atoms with Crippen molar-refractivity contribution in [3.05, 3.63) is 17.5 Å². The van der Waals surface area contributed by atoms with Gasteiger partial charge in [0.1, 0.15) is 5.76 Å². The van der Waals surface area contributed by atoms with E-state index in [0.717, 1.165) is 50.2 Å². The molecule has 0 saturated heterocycles. The van der Waals surface area contributed by atoms with Gasteiger partial charge < -0.3 is 9.63 Å². The molecule has 1 heterocycles. The van der Waals surface area contributed by atoms with Crippen molar-refractivity contribution in [3.63, 3.8) is 0 Å². The van der Waals surface area contributed by atoms with E-state index in [1.54, 1.807) is 0 Å². The third kappa shape index (κ3) is 2.83. The number of aliphatic hydroxyl groups is 1. The van der Waals surface area contributed by atoms with E-state index in [9.17, 15) is 5.11 Å². The van der Waals surface area contributed by atoms with Crippen LogP contribution in [-0.4, -0.2) is 34.4 Å². The van der Waals surface area contributed by atoms with Crippen LogP contribution in [0.3, 0.4) is 0 Å². The summed E-state index contributed by atoms with van der Waals surface area (Å²) in [5, 5.41) is 14.2. The molecule has 1 aromatic rings. The average molecular weight is 224 g/mol. The van der Waals surface area contributed by atoms with Crippen LogP contribution >= 0.6 is 0 Å². The van der Waals surface area contributed by atoms with Crippen LogP contribution in [0, 0.1) is 6.92 Å².